The highest BCUT2D eigenvalue weighted by Crippen LogP contribution is 2.22. The molecule has 1 heterocycles. The van der Waals surface area contributed by atoms with Gasteiger partial charge in [-0.05, 0) is 31.0 Å². The van der Waals surface area contributed by atoms with Gasteiger partial charge >= 0.3 is 0 Å². The van der Waals surface area contributed by atoms with E-state index < -0.39 is 16.1 Å². The van der Waals surface area contributed by atoms with Crippen molar-refractivity contribution in [3.8, 4) is 0 Å². The number of benzene rings is 2. The number of carbonyl (C=O) groups is 1. The normalized spacial score (nSPS) is 18.6. The molecule has 6 heteroatoms. The standard InChI is InChI=1S/C19H20N2O3S/c1-15-8-10-17(11-9-15)25(23,24)21-13-5-12-20-19(22)18(21)14-16-6-3-2-4-7-16/h2-12,18H,13-14H2,1H3,(H,20,22)/t18-/m0/s1. The van der Waals surface area contributed by atoms with Crippen LogP contribution >= 0.6 is 0 Å². The molecule has 130 valence electrons. The lowest BCUT2D eigenvalue weighted by Crippen LogP contribution is -2.48. The maximum atomic E-state index is 13.1. The van der Waals surface area contributed by atoms with Gasteiger partial charge in [-0.1, -0.05) is 54.1 Å². The summed E-state index contributed by atoms with van der Waals surface area (Å²) >= 11 is 0. The third kappa shape index (κ3) is 3.81. The van der Waals surface area contributed by atoms with Crippen molar-refractivity contribution < 1.29 is 13.2 Å². The number of rotatable bonds is 4. The number of hydrogen-bond acceptors (Lipinski definition) is 3. The van der Waals surface area contributed by atoms with Gasteiger partial charge in [0.25, 0.3) is 0 Å². The average Bonchev–Trinajstić information content (AvgIpc) is 2.79. The van der Waals surface area contributed by atoms with Crippen LogP contribution in [0.2, 0.25) is 0 Å². The number of nitrogens with zero attached hydrogens (tertiary/aromatic N) is 1. The van der Waals surface area contributed by atoms with E-state index in [1.165, 1.54) is 10.5 Å². The molecule has 0 radical (unpaired) electrons. The van der Waals surface area contributed by atoms with Crippen molar-refractivity contribution in [2.75, 3.05) is 6.54 Å². The van der Waals surface area contributed by atoms with E-state index in [0.29, 0.717) is 6.42 Å². The van der Waals surface area contributed by atoms with Gasteiger partial charge < -0.3 is 5.32 Å². The Kier molecular flexibility index (Phi) is 5.01. The maximum absolute atomic E-state index is 13.1. The predicted molar refractivity (Wildman–Crippen MR) is 96.3 cm³/mol. The lowest BCUT2D eigenvalue weighted by Gasteiger charge is -2.27. The number of amides is 1. The van der Waals surface area contributed by atoms with Gasteiger partial charge in [0, 0.05) is 12.7 Å². The molecule has 0 saturated carbocycles. The van der Waals surface area contributed by atoms with E-state index in [0.717, 1.165) is 11.1 Å². The molecule has 1 atom stereocenters. The second-order valence-electron chi connectivity index (χ2n) is 6.00. The van der Waals surface area contributed by atoms with Crippen molar-refractivity contribution in [2.45, 2.75) is 24.3 Å². The van der Waals surface area contributed by atoms with Gasteiger partial charge in [0.05, 0.1) is 4.90 Å². The maximum Gasteiger partial charge on any atom is 0.244 e. The predicted octanol–water partition coefficient (Wildman–Crippen LogP) is 2.24. The Morgan fingerprint density at radius 1 is 1.08 bits per heavy atom. The van der Waals surface area contributed by atoms with Gasteiger partial charge in [0.2, 0.25) is 15.9 Å². The van der Waals surface area contributed by atoms with E-state index in [-0.39, 0.29) is 17.3 Å². The van der Waals surface area contributed by atoms with Crippen molar-refractivity contribution in [1.29, 1.82) is 0 Å². The summed E-state index contributed by atoms with van der Waals surface area (Å²) in [5, 5.41) is 2.65. The molecule has 0 saturated heterocycles. The Balaban J connectivity index is 1.98. The molecule has 2 aromatic carbocycles. The molecule has 2 aromatic rings. The van der Waals surface area contributed by atoms with Crippen LogP contribution in [-0.4, -0.2) is 31.2 Å². The first kappa shape index (κ1) is 17.4. The minimum Gasteiger partial charge on any atom is -0.332 e. The van der Waals surface area contributed by atoms with Crippen LogP contribution in [0, 0.1) is 6.92 Å². The number of carbonyl (C=O) groups excluding carboxylic acids is 1. The highest BCUT2D eigenvalue weighted by molar-refractivity contribution is 7.89. The van der Waals surface area contributed by atoms with Crippen LogP contribution < -0.4 is 5.32 Å². The summed E-state index contributed by atoms with van der Waals surface area (Å²) in [6.07, 6.45) is 3.47. The van der Waals surface area contributed by atoms with Gasteiger partial charge in [0.1, 0.15) is 6.04 Å². The Morgan fingerprint density at radius 2 is 1.76 bits per heavy atom. The molecule has 5 nitrogen and oxygen atoms in total. The van der Waals surface area contributed by atoms with E-state index in [2.05, 4.69) is 5.32 Å². The topological polar surface area (TPSA) is 66.5 Å². The molecule has 25 heavy (non-hydrogen) atoms. The number of hydrogen-bond donors (Lipinski definition) is 1. The molecular formula is C19H20N2O3S. The van der Waals surface area contributed by atoms with Crippen LogP contribution in [0.15, 0.2) is 71.8 Å². The first-order chi connectivity index (χ1) is 12.0. The minimum absolute atomic E-state index is 0.145. The summed E-state index contributed by atoms with van der Waals surface area (Å²) < 4.78 is 27.5. The lowest BCUT2D eigenvalue weighted by molar-refractivity contribution is -0.123. The molecule has 0 unspecified atom stereocenters. The van der Waals surface area contributed by atoms with E-state index >= 15 is 0 Å². The van der Waals surface area contributed by atoms with Gasteiger partial charge in [0.15, 0.2) is 0 Å². The number of aryl methyl sites for hydroxylation is 1. The van der Waals surface area contributed by atoms with E-state index in [1.807, 2.05) is 37.3 Å². The molecule has 3 rings (SSSR count). The highest BCUT2D eigenvalue weighted by Gasteiger charge is 2.36. The molecular weight excluding hydrogens is 336 g/mol. The summed E-state index contributed by atoms with van der Waals surface area (Å²) in [4.78, 5) is 12.7. The number of nitrogens with one attached hydrogen (secondary N) is 1. The third-order valence-corrected chi connectivity index (χ3v) is 6.07. The fraction of sp³-hybridized carbons (Fsp3) is 0.211. The Labute approximate surface area is 148 Å². The van der Waals surface area contributed by atoms with E-state index in [4.69, 9.17) is 0 Å². The SMILES string of the molecule is Cc1ccc(S(=O)(=O)N2CC=CNC(=O)[C@@H]2Cc2ccccc2)cc1. The van der Waals surface area contributed by atoms with Crippen LogP contribution in [0.3, 0.4) is 0 Å². The Bertz CT molecular complexity index is 875. The van der Waals surface area contributed by atoms with Crippen LogP contribution in [-0.2, 0) is 21.2 Å². The second-order valence-corrected chi connectivity index (χ2v) is 7.89. The summed E-state index contributed by atoms with van der Waals surface area (Å²) in [6.45, 7) is 2.04. The second kappa shape index (κ2) is 7.21. The van der Waals surface area contributed by atoms with Crippen LogP contribution in [0.4, 0.5) is 0 Å². The fourth-order valence-corrected chi connectivity index (χ4v) is 4.33. The zero-order valence-electron chi connectivity index (χ0n) is 13.9. The molecule has 1 amide bonds. The molecule has 0 aromatic heterocycles. The van der Waals surface area contributed by atoms with Gasteiger partial charge in [-0.15, -0.1) is 0 Å². The summed E-state index contributed by atoms with van der Waals surface area (Å²) in [5.41, 5.74) is 1.89. The highest BCUT2D eigenvalue weighted by atomic mass is 32.2. The van der Waals surface area contributed by atoms with Crippen molar-refractivity contribution in [1.82, 2.24) is 9.62 Å². The van der Waals surface area contributed by atoms with E-state index in [9.17, 15) is 13.2 Å². The van der Waals surface area contributed by atoms with Gasteiger partial charge in [-0.3, -0.25) is 4.79 Å². The molecule has 0 aliphatic carbocycles. The zero-order valence-corrected chi connectivity index (χ0v) is 14.7. The largest absolute Gasteiger partial charge is 0.332 e. The Morgan fingerprint density at radius 3 is 2.44 bits per heavy atom. The van der Waals surface area contributed by atoms with Gasteiger partial charge in [-0.2, -0.15) is 4.31 Å². The smallest absolute Gasteiger partial charge is 0.244 e. The molecule has 0 fully saturated rings. The van der Waals surface area contributed by atoms with Crippen molar-refractivity contribution >= 4 is 15.9 Å². The molecule has 1 aliphatic rings. The van der Waals surface area contributed by atoms with E-state index in [1.54, 1.807) is 30.3 Å². The van der Waals surface area contributed by atoms with Gasteiger partial charge in [-0.25, -0.2) is 8.42 Å². The summed E-state index contributed by atoms with van der Waals surface area (Å²) in [5.74, 6) is -0.326. The minimum atomic E-state index is -3.78. The summed E-state index contributed by atoms with van der Waals surface area (Å²) in [6, 6.07) is 15.3. The monoisotopic (exact) mass is 356 g/mol. The van der Waals surface area contributed by atoms with Crippen LogP contribution in [0.5, 0.6) is 0 Å². The molecule has 1 aliphatic heterocycles. The zero-order chi connectivity index (χ0) is 17.9. The first-order valence-corrected chi connectivity index (χ1v) is 9.50. The first-order valence-electron chi connectivity index (χ1n) is 8.06. The Hall–Kier alpha value is -2.44. The quantitative estimate of drug-likeness (QED) is 0.914. The van der Waals surface area contributed by atoms with Crippen molar-refractivity contribution in [3.63, 3.8) is 0 Å². The van der Waals surface area contributed by atoms with Crippen LogP contribution in [0.1, 0.15) is 11.1 Å². The molecule has 0 spiro atoms. The molecule has 0 bridgehead atoms. The lowest BCUT2D eigenvalue weighted by atomic mass is 10.1. The van der Waals surface area contributed by atoms with Crippen molar-refractivity contribution in [2.24, 2.45) is 0 Å². The summed E-state index contributed by atoms with van der Waals surface area (Å²) in [7, 11) is -3.78. The average molecular weight is 356 g/mol. The molecule has 1 N–H and O–H groups in total. The third-order valence-electron chi connectivity index (χ3n) is 4.18. The van der Waals surface area contributed by atoms with Crippen LogP contribution in [0.25, 0.3) is 0 Å². The fourth-order valence-electron chi connectivity index (χ4n) is 2.80. The van der Waals surface area contributed by atoms with Crippen molar-refractivity contribution in [3.05, 3.63) is 78.0 Å². The number of sulfonamides is 1.